The Morgan fingerprint density at radius 1 is 1.64 bits per heavy atom. The lowest BCUT2D eigenvalue weighted by Crippen LogP contribution is -2.17. The third-order valence-electron chi connectivity index (χ3n) is 1.44. The minimum absolute atomic E-state index is 0.102. The summed E-state index contributed by atoms with van der Waals surface area (Å²) in [6.45, 7) is 3.96. The molecule has 0 N–H and O–H groups in total. The summed E-state index contributed by atoms with van der Waals surface area (Å²) in [5, 5.41) is 1.30. The maximum absolute atomic E-state index is 11.1. The van der Waals surface area contributed by atoms with Crippen molar-refractivity contribution in [1.82, 2.24) is 0 Å². The zero-order chi connectivity index (χ0) is 8.48. The van der Waals surface area contributed by atoms with E-state index in [1.54, 1.807) is 13.8 Å². The Bertz CT molecular complexity index is 263. The Kier molecular flexibility index (Phi) is 2.34. The minimum Gasteiger partial charge on any atom is -0.373 e. The van der Waals surface area contributed by atoms with Gasteiger partial charge in [0, 0.05) is 5.41 Å². The first-order valence-corrected chi connectivity index (χ1v) is 5.23. The van der Waals surface area contributed by atoms with Crippen molar-refractivity contribution in [3.8, 4) is 0 Å². The van der Waals surface area contributed by atoms with Crippen molar-refractivity contribution in [3.05, 3.63) is 11.0 Å². The molecule has 0 aromatic heterocycles. The highest BCUT2D eigenvalue weighted by Crippen LogP contribution is 2.10. The predicted molar refractivity (Wildman–Crippen MR) is 43.0 cm³/mol. The number of rotatable bonds is 0. The van der Waals surface area contributed by atoms with Crippen molar-refractivity contribution in [2.45, 2.75) is 20.0 Å². The lowest BCUT2D eigenvalue weighted by molar-refractivity contribution is 0.101. The van der Waals surface area contributed by atoms with Crippen LogP contribution in [0.4, 0.5) is 0 Å². The van der Waals surface area contributed by atoms with Gasteiger partial charge in [0.25, 0.3) is 0 Å². The van der Waals surface area contributed by atoms with Crippen LogP contribution in [0.3, 0.4) is 0 Å². The molecule has 3 nitrogen and oxygen atoms in total. The van der Waals surface area contributed by atoms with E-state index in [2.05, 4.69) is 0 Å². The SMILES string of the molecule is CC1=CS(=O)(=O)CC(C)OC1. The maximum atomic E-state index is 11.1. The molecule has 1 rings (SSSR count). The van der Waals surface area contributed by atoms with Gasteiger partial charge in [-0.15, -0.1) is 0 Å². The fourth-order valence-corrected chi connectivity index (χ4v) is 2.57. The van der Waals surface area contributed by atoms with Crippen LogP contribution in [0.1, 0.15) is 13.8 Å². The second kappa shape index (κ2) is 2.95. The van der Waals surface area contributed by atoms with Crippen molar-refractivity contribution in [1.29, 1.82) is 0 Å². The Labute approximate surface area is 67.0 Å². The molecule has 0 fully saturated rings. The van der Waals surface area contributed by atoms with E-state index in [0.29, 0.717) is 6.61 Å². The molecule has 0 saturated heterocycles. The van der Waals surface area contributed by atoms with Crippen molar-refractivity contribution in [3.63, 3.8) is 0 Å². The van der Waals surface area contributed by atoms with Crippen LogP contribution in [0.25, 0.3) is 0 Å². The Morgan fingerprint density at radius 3 is 2.91 bits per heavy atom. The van der Waals surface area contributed by atoms with Gasteiger partial charge in [0.2, 0.25) is 0 Å². The highest BCUT2D eigenvalue weighted by Gasteiger charge is 2.17. The lowest BCUT2D eigenvalue weighted by Gasteiger charge is -2.06. The average molecular weight is 176 g/mol. The highest BCUT2D eigenvalue weighted by atomic mass is 32.2. The van der Waals surface area contributed by atoms with Crippen LogP contribution < -0.4 is 0 Å². The fourth-order valence-electron chi connectivity index (χ4n) is 1.04. The molecule has 0 amide bonds. The first-order chi connectivity index (χ1) is 4.99. The van der Waals surface area contributed by atoms with Crippen LogP contribution in [0.5, 0.6) is 0 Å². The van der Waals surface area contributed by atoms with E-state index >= 15 is 0 Å². The van der Waals surface area contributed by atoms with Crippen LogP contribution >= 0.6 is 0 Å². The fraction of sp³-hybridized carbons (Fsp3) is 0.714. The molecule has 0 bridgehead atoms. The normalized spacial score (nSPS) is 30.7. The number of hydrogen-bond acceptors (Lipinski definition) is 3. The summed E-state index contributed by atoms with van der Waals surface area (Å²) in [6.07, 6.45) is -0.186. The summed E-state index contributed by atoms with van der Waals surface area (Å²) in [5.41, 5.74) is 0.773. The monoisotopic (exact) mass is 176 g/mol. The van der Waals surface area contributed by atoms with Crippen LogP contribution in [0.15, 0.2) is 11.0 Å². The summed E-state index contributed by atoms with van der Waals surface area (Å²) < 4.78 is 27.5. The molecular formula is C7H12O3S. The highest BCUT2D eigenvalue weighted by molar-refractivity contribution is 7.94. The van der Waals surface area contributed by atoms with Gasteiger partial charge < -0.3 is 4.74 Å². The first-order valence-electron chi connectivity index (χ1n) is 3.51. The van der Waals surface area contributed by atoms with Crippen molar-refractivity contribution >= 4 is 9.84 Å². The average Bonchev–Trinajstić information content (AvgIpc) is 1.89. The number of hydrogen-bond donors (Lipinski definition) is 0. The topological polar surface area (TPSA) is 43.4 Å². The molecule has 0 aromatic carbocycles. The van der Waals surface area contributed by atoms with E-state index in [1.165, 1.54) is 5.41 Å². The van der Waals surface area contributed by atoms with Crippen LogP contribution in [-0.2, 0) is 14.6 Å². The van der Waals surface area contributed by atoms with Crippen LogP contribution in [-0.4, -0.2) is 26.9 Å². The van der Waals surface area contributed by atoms with Gasteiger partial charge in [0.1, 0.15) is 0 Å². The Balaban J connectivity index is 2.90. The zero-order valence-electron chi connectivity index (χ0n) is 6.70. The quantitative estimate of drug-likeness (QED) is 0.546. The van der Waals surface area contributed by atoms with Gasteiger partial charge in [-0.2, -0.15) is 0 Å². The maximum Gasteiger partial charge on any atom is 0.174 e. The molecule has 0 aromatic rings. The second-order valence-electron chi connectivity index (χ2n) is 2.92. The number of ether oxygens (including phenoxy) is 1. The van der Waals surface area contributed by atoms with Crippen LogP contribution in [0, 0.1) is 0 Å². The van der Waals surface area contributed by atoms with Crippen molar-refractivity contribution < 1.29 is 13.2 Å². The summed E-state index contributed by atoms with van der Waals surface area (Å²) in [5.74, 6) is 0.102. The summed E-state index contributed by atoms with van der Waals surface area (Å²) in [6, 6.07) is 0. The third-order valence-corrected chi connectivity index (χ3v) is 3.14. The van der Waals surface area contributed by atoms with E-state index in [1.807, 2.05) is 0 Å². The van der Waals surface area contributed by atoms with Gasteiger partial charge in [-0.05, 0) is 19.4 Å². The van der Waals surface area contributed by atoms with Crippen LogP contribution in [0.2, 0.25) is 0 Å². The molecule has 1 unspecified atom stereocenters. The smallest absolute Gasteiger partial charge is 0.174 e. The molecule has 1 atom stereocenters. The molecule has 11 heavy (non-hydrogen) atoms. The lowest BCUT2D eigenvalue weighted by atomic mass is 10.4. The molecule has 0 saturated carbocycles. The van der Waals surface area contributed by atoms with E-state index in [-0.39, 0.29) is 11.9 Å². The molecule has 1 aliphatic heterocycles. The third kappa shape index (κ3) is 2.63. The molecule has 0 radical (unpaired) electrons. The largest absolute Gasteiger partial charge is 0.373 e. The standard InChI is InChI=1S/C7H12O3S/c1-6-3-10-7(2)5-11(8,9)4-6/h4,7H,3,5H2,1-2H3. The Hall–Kier alpha value is -0.350. The molecule has 0 aliphatic carbocycles. The summed E-state index contributed by atoms with van der Waals surface area (Å²) in [7, 11) is -3.00. The predicted octanol–water partition coefficient (Wildman–Crippen LogP) is 0.724. The molecule has 64 valence electrons. The molecule has 4 heteroatoms. The van der Waals surface area contributed by atoms with Gasteiger partial charge in [0.05, 0.1) is 18.5 Å². The van der Waals surface area contributed by atoms with E-state index < -0.39 is 9.84 Å². The zero-order valence-corrected chi connectivity index (χ0v) is 7.52. The van der Waals surface area contributed by atoms with Gasteiger partial charge >= 0.3 is 0 Å². The van der Waals surface area contributed by atoms with Gasteiger partial charge in [-0.25, -0.2) is 8.42 Å². The Morgan fingerprint density at radius 2 is 2.27 bits per heavy atom. The van der Waals surface area contributed by atoms with Gasteiger partial charge in [-0.3, -0.25) is 0 Å². The summed E-state index contributed by atoms with van der Waals surface area (Å²) >= 11 is 0. The van der Waals surface area contributed by atoms with Gasteiger partial charge in [0.15, 0.2) is 9.84 Å². The van der Waals surface area contributed by atoms with E-state index in [0.717, 1.165) is 5.57 Å². The van der Waals surface area contributed by atoms with E-state index in [9.17, 15) is 8.42 Å². The number of sulfone groups is 1. The van der Waals surface area contributed by atoms with Crippen molar-refractivity contribution in [2.75, 3.05) is 12.4 Å². The second-order valence-corrected chi connectivity index (χ2v) is 4.81. The minimum atomic E-state index is -3.00. The summed E-state index contributed by atoms with van der Waals surface area (Å²) in [4.78, 5) is 0. The van der Waals surface area contributed by atoms with E-state index in [4.69, 9.17) is 4.74 Å². The van der Waals surface area contributed by atoms with Crippen molar-refractivity contribution in [2.24, 2.45) is 0 Å². The molecular weight excluding hydrogens is 164 g/mol. The first kappa shape index (κ1) is 8.74. The molecule has 0 spiro atoms. The molecule has 1 aliphatic rings. The molecule has 1 heterocycles. The van der Waals surface area contributed by atoms with Gasteiger partial charge in [-0.1, -0.05) is 0 Å².